The second kappa shape index (κ2) is 8.19. The molecule has 3 aromatic rings. The lowest BCUT2D eigenvalue weighted by atomic mass is 10.1. The van der Waals surface area contributed by atoms with E-state index in [-0.39, 0.29) is 16.3 Å². The van der Waals surface area contributed by atoms with Gasteiger partial charge in [-0.3, -0.25) is 14.6 Å². The number of amides is 2. The first kappa shape index (κ1) is 19.5. The predicted molar refractivity (Wildman–Crippen MR) is 107 cm³/mol. The van der Waals surface area contributed by atoms with Gasteiger partial charge in [-0.25, -0.2) is 4.39 Å². The van der Waals surface area contributed by atoms with E-state index in [1.165, 1.54) is 30.5 Å². The van der Waals surface area contributed by atoms with Crippen molar-refractivity contribution in [2.45, 2.75) is 13.8 Å². The van der Waals surface area contributed by atoms with Crippen LogP contribution in [0, 0.1) is 19.7 Å². The monoisotopic (exact) mass is 397 g/mol. The molecule has 0 saturated carbocycles. The summed E-state index contributed by atoms with van der Waals surface area (Å²) in [5.74, 6) is -1.46. The Kier molecular flexibility index (Phi) is 5.70. The highest BCUT2D eigenvalue weighted by atomic mass is 35.5. The Balaban J connectivity index is 1.77. The van der Waals surface area contributed by atoms with Gasteiger partial charge in [0.05, 0.1) is 5.02 Å². The molecule has 0 radical (unpaired) electrons. The van der Waals surface area contributed by atoms with Crippen LogP contribution in [0.25, 0.3) is 0 Å². The van der Waals surface area contributed by atoms with Gasteiger partial charge in [-0.05, 0) is 61.4 Å². The zero-order valence-electron chi connectivity index (χ0n) is 15.2. The molecule has 142 valence electrons. The molecule has 0 aliphatic rings. The van der Waals surface area contributed by atoms with Gasteiger partial charge in [0.15, 0.2) is 0 Å². The third kappa shape index (κ3) is 4.53. The van der Waals surface area contributed by atoms with Crippen LogP contribution in [-0.4, -0.2) is 16.8 Å². The van der Waals surface area contributed by atoms with Crippen LogP contribution in [0.15, 0.2) is 54.7 Å². The number of benzene rings is 2. The Morgan fingerprint density at radius 2 is 1.75 bits per heavy atom. The van der Waals surface area contributed by atoms with Crippen molar-refractivity contribution >= 4 is 34.8 Å². The maximum absolute atomic E-state index is 13.2. The number of nitrogens with zero attached hydrogens (tertiary/aromatic N) is 1. The minimum absolute atomic E-state index is 0.0962. The van der Waals surface area contributed by atoms with Crippen LogP contribution in [0.1, 0.15) is 32.0 Å². The summed E-state index contributed by atoms with van der Waals surface area (Å²) >= 11 is 5.72. The standard InChI is InChI=1S/C21H17ClFN3O2/c1-12-3-4-13(2)18(9-12)26-21(28)19-10-14(7-8-24-19)20(27)25-15-5-6-17(23)16(22)11-15/h3-11H,1-2H3,(H,25,27)(H,26,28). The van der Waals surface area contributed by atoms with Crippen molar-refractivity contribution in [1.29, 1.82) is 0 Å². The van der Waals surface area contributed by atoms with Crippen molar-refractivity contribution < 1.29 is 14.0 Å². The van der Waals surface area contributed by atoms with Crippen LogP contribution in [0.3, 0.4) is 0 Å². The molecular weight excluding hydrogens is 381 g/mol. The zero-order valence-corrected chi connectivity index (χ0v) is 16.0. The quantitative estimate of drug-likeness (QED) is 0.651. The maximum Gasteiger partial charge on any atom is 0.274 e. The summed E-state index contributed by atoms with van der Waals surface area (Å²) in [6.07, 6.45) is 1.38. The van der Waals surface area contributed by atoms with Crippen LogP contribution in [-0.2, 0) is 0 Å². The van der Waals surface area contributed by atoms with Gasteiger partial charge in [0.1, 0.15) is 11.5 Å². The van der Waals surface area contributed by atoms with Gasteiger partial charge in [0.2, 0.25) is 0 Å². The van der Waals surface area contributed by atoms with Crippen LogP contribution in [0.5, 0.6) is 0 Å². The summed E-state index contributed by atoms with van der Waals surface area (Å²) in [5.41, 5.74) is 3.30. The first-order valence-electron chi connectivity index (χ1n) is 8.44. The third-order valence-electron chi connectivity index (χ3n) is 4.07. The fourth-order valence-corrected chi connectivity index (χ4v) is 2.71. The summed E-state index contributed by atoms with van der Waals surface area (Å²) in [5, 5.41) is 5.32. The summed E-state index contributed by atoms with van der Waals surface area (Å²) in [6.45, 7) is 3.82. The van der Waals surface area contributed by atoms with Crippen molar-refractivity contribution in [2.24, 2.45) is 0 Å². The second-order valence-corrected chi connectivity index (χ2v) is 6.69. The summed E-state index contributed by atoms with van der Waals surface area (Å²) in [6, 6.07) is 12.5. The number of rotatable bonds is 4. The fourth-order valence-electron chi connectivity index (χ4n) is 2.53. The molecule has 0 atom stereocenters. The Bertz CT molecular complexity index is 1070. The van der Waals surface area contributed by atoms with Crippen LogP contribution >= 0.6 is 11.6 Å². The first-order chi connectivity index (χ1) is 13.3. The number of pyridine rings is 1. The molecule has 28 heavy (non-hydrogen) atoms. The maximum atomic E-state index is 13.2. The predicted octanol–water partition coefficient (Wildman–Crippen LogP) is 5.00. The summed E-state index contributed by atoms with van der Waals surface area (Å²) in [4.78, 5) is 29.0. The number of halogens is 2. The number of hydrogen-bond donors (Lipinski definition) is 2. The van der Waals surface area contributed by atoms with E-state index in [1.54, 1.807) is 0 Å². The lowest BCUT2D eigenvalue weighted by Crippen LogP contribution is -2.17. The van der Waals surface area contributed by atoms with Gasteiger partial charge in [-0.1, -0.05) is 23.7 Å². The largest absolute Gasteiger partial charge is 0.322 e. The van der Waals surface area contributed by atoms with Gasteiger partial charge >= 0.3 is 0 Å². The van der Waals surface area contributed by atoms with Crippen molar-refractivity contribution in [3.05, 3.63) is 88.0 Å². The van der Waals surface area contributed by atoms with Gasteiger partial charge in [0.25, 0.3) is 11.8 Å². The SMILES string of the molecule is Cc1ccc(C)c(NC(=O)c2cc(C(=O)Nc3ccc(F)c(Cl)c3)ccn2)c1. The molecule has 2 aromatic carbocycles. The number of nitrogens with one attached hydrogen (secondary N) is 2. The van der Waals surface area contributed by atoms with Gasteiger partial charge in [-0.2, -0.15) is 0 Å². The van der Waals surface area contributed by atoms with Crippen molar-refractivity contribution in [3.63, 3.8) is 0 Å². The van der Waals surface area contributed by atoms with E-state index >= 15 is 0 Å². The smallest absolute Gasteiger partial charge is 0.274 e. The molecular formula is C21H17ClFN3O2. The van der Waals surface area contributed by atoms with E-state index in [1.807, 2.05) is 32.0 Å². The number of carbonyl (C=O) groups excluding carboxylic acids is 2. The molecule has 1 heterocycles. The van der Waals surface area contributed by atoms with E-state index in [0.29, 0.717) is 11.4 Å². The van der Waals surface area contributed by atoms with Gasteiger partial charge in [0, 0.05) is 23.1 Å². The van der Waals surface area contributed by atoms with Crippen LogP contribution in [0.2, 0.25) is 5.02 Å². The van der Waals surface area contributed by atoms with E-state index in [0.717, 1.165) is 17.2 Å². The Hall–Kier alpha value is -3.25. The highest BCUT2D eigenvalue weighted by molar-refractivity contribution is 6.31. The van der Waals surface area contributed by atoms with E-state index in [4.69, 9.17) is 11.6 Å². The van der Waals surface area contributed by atoms with Crippen LogP contribution in [0.4, 0.5) is 15.8 Å². The highest BCUT2D eigenvalue weighted by Crippen LogP contribution is 2.20. The first-order valence-corrected chi connectivity index (χ1v) is 8.82. The average Bonchev–Trinajstić information content (AvgIpc) is 2.67. The highest BCUT2D eigenvalue weighted by Gasteiger charge is 2.14. The number of carbonyl (C=O) groups is 2. The van der Waals surface area contributed by atoms with Crippen molar-refractivity contribution in [2.75, 3.05) is 10.6 Å². The second-order valence-electron chi connectivity index (χ2n) is 6.29. The number of anilines is 2. The minimum Gasteiger partial charge on any atom is -0.322 e. The molecule has 0 fully saturated rings. The number of hydrogen-bond acceptors (Lipinski definition) is 3. The van der Waals surface area contributed by atoms with Gasteiger partial charge < -0.3 is 10.6 Å². The molecule has 2 N–H and O–H groups in total. The molecule has 7 heteroatoms. The Morgan fingerprint density at radius 3 is 2.50 bits per heavy atom. The Labute approximate surface area is 166 Å². The molecule has 0 bridgehead atoms. The molecule has 0 unspecified atom stereocenters. The van der Waals surface area contributed by atoms with Crippen LogP contribution < -0.4 is 10.6 Å². The topological polar surface area (TPSA) is 71.1 Å². The van der Waals surface area contributed by atoms with Crippen molar-refractivity contribution in [1.82, 2.24) is 4.98 Å². The molecule has 5 nitrogen and oxygen atoms in total. The molecule has 0 saturated heterocycles. The third-order valence-corrected chi connectivity index (χ3v) is 4.36. The normalized spacial score (nSPS) is 10.4. The zero-order chi connectivity index (χ0) is 20.3. The molecule has 0 aliphatic heterocycles. The van der Waals surface area contributed by atoms with E-state index in [9.17, 15) is 14.0 Å². The molecule has 2 amide bonds. The molecule has 3 rings (SSSR count). The lowest BCUT2D eigenvalue weighted by Gasteiger charge is -2.10. The fraction of sp³-hybridized carbons (Fsp3) is 0.0952. The lowest BCUT2D eigenvalue weighted by molar-refractivity contribution is 0.102. The number of aryl methyl sites for hydroxylation is 2. The van der Waals surface area contributed by atoms with E-state index < -0.39 is 17.6 Å². The summed E-state index contributed by atoms with van der Waals surface area (Å²) < 4.78 is 13.2. The molecule has 0 spiro atoms. The van der Waals surface area contributed by atoms with Gasteiger partial charge in [-0.15, -0.1) is 0 Å². The average molecular weight is 398 g/mol. The summed E-state index contributed by atoms with van der Waals surface area (Å²) in [7, 11) is 0. The molecule has 0 aliphatic carbocycles. The van der Waals surface area contributed by atoms with Crippen molar-refractivity contribution in [3.8, 4) is 0 Å². The Morgan fingerprint density at radius 1 is 0.964 bits per heavy atom. The number of aromatic nitrogens is 1. The minimum atomic E-state index is -0.575. The van der Waals surface area contributed by atoms with E-state index in [2.05, 4.69) is 15.6 Å². The molecule has 1 aromatic heterocycles.